The molecule has 1 aromatic rings. The lowest BCUT2D eigenvalue weighted by atomic mass is 10.0. The number of nitrogens with zero attached hydrogens (tertiary/aromatic N) is 1. The minimum Gasteiger partial charge on any atom is -0.465 e. The molecule has 84 valence electrons. The number of amides is 1. The van der Waals surface area contributed by atoms with Crippen LogP contribution in [0.3, 0.4) is 0 Å². The van der Waals surface area contributed by atoms with Gasteiger partial charge in [-0.1, -0.05) is 13.8 Å². The molecule has 0 saturated carbocycles. The summed E-state index contributed by atoms with van der Waals surface area (Å²) in [5.74, 6) is 0.474. The van der Waals surface area contributed by atoms with E-state index in [1.165, 1.54) is 0 Å². The van der Waals surface area contributed by atoms with Crippen molar-refractivity contribution in [2.45, 2.75) is 32.7 Å². The first-order chi connectivity index (χ1) is 7.08. The topological polar surface area (TPSA) is 62.2 Å². The maximum absolute atomic E-state index is 10.6. The zero-order chi connectivity index (χ0) is 11.3. The van der Waals surface area contributed by atoms with E-state index in [-0.39, 0.29) is 6.04 Å². The van der Waals surface area contributed by atoms with Gasteiger partial charge in [-0.25, -0.2) is 9.78 Å². The van der Waals surface area contributed by atoms with Gasteiger partial charge in [-0.3, -0.25) is 0 Å². The SMILES string of the molecule is CC(C)C[C@@H](Cc1nccs1)NC(=O)O. The second kappa shape index (κ2) is 5.70. The van der Waals surface area contributed by atoms with Crippen LogP contribution in [0.4, 0.5) is 4.79 Å². The molecule has 0 bridgehead atoms. The van der Waals surface area contributed by atoms with Gasteiger partial charge in [-0.05, 0) is 12.3 Å². The van der Waals surface area contributed by atoms with Gasteiger partial charge in [-0.15, -0.1) is 11.3 Å². The zero-order valence-corrected chi connectivity index (χ0v) is 9.75. The molecule has 15 heavy (non-hydrogen) atoms. The molecule has 0 saturated heterocycles. The molecular formula is C10H16N2O2S. The van der Waals surface area contributed by atoms with Gasteiger partial charge < -0.3 is 10.4 Å². The van der Waals surface area contributed by atoms with Crippen LogP contribution in [0.2, 0.25) is 0 Å². The van der Waals surface area contributed by atoms with E-state index in [1.54, 1.807) is 17.5 Å². The highest BCUT2D eigenvalue weighted by molar-refractivity contribution is 7.09. The van der Waals surface area contributed by atoms with Crippen LogP contribution in [0.5, 0.6) is 0 Å². The molecule has 0 spiro atoms. The van der Waals surface area contributed by atoms with Gasteiger partial charge in [-0.2, -0.15) is 0 Å². The minimum atomic E-state index is -0.961. The Morgan fingerprint density at radius 1 is 1.67 bits per heavy atom. The Balaban J connectivity index is 2.52. The number of hydrogen-bond acceptors (Lipinski definition) is 3. The molecule has 0 radical (unpaired) electrons. The minimum absolute atomic E-state index is 0.0337. The summed E-state index contributed by atoms with van der Waals surface area (Å²) in [6, 6.07) is -0.0337. The summed E-state index contributed by atoms with van der Waals surface area (Å²) in [6.07, 6.45) is 2.30. The molecule has 0 unspecified atom stereocenters. The summed E-state index contributed by atoms with van der Waals surface area (Å²) in [5, 5.41) is 14.1. The van der Waals surface area contributed by atoms with Crippen LogP contribution in [0, 0.1) is 5.92 Å². The van der Waals surface area contributed by atoms with Gasteiger partial charge in [0.1, 0.15) is 0 Å². The Kier molecular flexibility index (Phi) is 4.55. The lowest BCUT2D eigenvalue weighted by molar-refractivity contribution is 0.188. The predicted molar refractivity (Wildman–Crippen MR) is 60.2 cm³/mol. The number of carbonyl (C=O) groups is 1. The van der Waals surface area contributed by atoms with Crippen LogP contribution in [0.15, 0.2) is 11.6 Å². The fraction of sp³-hybridized carbons (Fsp3) is 0.600. The van der Waals surface area contributed by atoms with Gasteiger partial charge in [0, 0.05) is 24.0 Å². The van der Waals surface area contributed by atoms with E-state index in [4.69, 9.17) is 5.11 Å². The Morgan fingerprint density at radius 3 is 2.87 bits per heavy atom. The molecule has 0 aliphatic heterocycles. The molecule has 0 aliphatic rings. The number of nitrogens with one attached hydrogen (secondary N) is 1. The molecule has 1 aromatic heterocycles. The highest BCUT2D eigenvalue weighted by atomic mass is 32.1. The lowest BCUT2D eigenvalue weighted by Gasteiger charge is -2.17. The summed E-state index contributed by atoms with van der Waals surface area (Å²) in [5.41, 5.74) is 0. The van der Waals surface area contributed by atoms with Crippen molar-refractivity contribution in [3.63, 3.8) is 0 Å². The Morgan fingerprint density at radius 2 is 2.40 bits per heavy atom. The molecule has 1 amide bonds. The average molecular weight is 228 g/mol. The van der Waals surface area contributed by atoms with Crippen LogP contribution in [-0.4, -0.2) is 22.2 Å². The molecule has 5 heteroatoms. The maximum Gasteiger partial charge on any atom is 0.404 e. The third-order valence-corrected chi connectivity index (χ3v) is 2.79. The van der Waals surface area contributed by atoms with Crippen LogP contribution < -0.4 is 5.32 Å². The first-order valence-corrected chi connectivity index (χ1v) is 5.83. The van der Waals surface area contributed by atoms with Crippen molar-refractivity contribution >= 4 is 17.4 Å². The summed E-state index contributed by atoms with van der Waals surface area (Å²) in [4.78, 5) is 14.7. The van der Waals surface area contributed by atoms with Crippen LogP contribution in [-0.2, 0) is 6.42 Å². The van der Waals surface area contributed by atoms with Crippen molar-refractivity contribution in [2.75, 3.05) is 0 Å². The van der Waals surface area contributed by atoms with E-state index in [2.05, 4.69) is 24.1 Å². The van der Waals surface area contributed by atoms with Gasteiger partial charge in [0.05, 0.1) is 5.01 Å². The number of hydrogen-bond donors (Lipinski definition) is 2. The number of carboxylic acid groups (broad SMARTS) is 1. The third kappa shape index (κ3) is 4.78. The third-order valence-electron chi connectivity index (χ3n) is 1.99. The molecule has 1 rings (SSSR count). The molecule has 0 aromatic carbocycles. The van der Waals surface area contributed by atoms with Crippen molar-refractivity contribution in [1.82, 2.24) is 10.3 Å². The lowest BCUT2D eigenvalue weighted by Crippen LogP contribution is -2.36. The van der Waals surface area contributed by atoms with Crippen molar-refractivity contribution in [3.8, 4) is 0 Å². The van der Waals surface area contributed by atoms with E-state index >= 15 is 0 Å². The van der Waals surface area contributed by atoms with Crippen LogP contribution >= 0.6 is 11.3 Å². The molecule has 1 heterocycles. The standard InChI is InChI=1S/C10H16N2O2S/c1-7(2)5-8(12-10(13)14)6-9-11-3-4-15-9/h3-4,7-8,12H,5-6H2,1-2H3,(H,13,14)/t8-/m0/s1. The Labute approximate surface area is 93.4 Å². The molecular weight excluding hydrogens is 212 g/mol. The summed E-state index contributed by atoms with van der Waals surface area (Å²) >= 11 is 1.56. The van der Waals surface area contributed by atoms with Gasteiger partial charge in [0.15, 0.2) is 0 Å². The fourth-order valence-electron chi connectivity index (χ4n) is 1.50. The molecule has 2 N–H and O–H groups in total. The largest absolute Gasteiger partial charge is 0.465 e. The molecule has 1 atom stereocenters. The van der Waals surface area contributed by atoms with E-state index in [1.807, 2.05) is 5.38 Å². The highest BCUT2D eigenvalue weighted by Gasteiger charge is 2.15. The van der Waals surface area contributed by atoms with Crippen molar-refractivity contribution in [3.05, 3.63) is 16.6 Å². The first-order valence-electron chi connectivity index (χ1n) is 4.95. The summed E-state index contributed by atoms with van der Waals surface area (Å²) in [7, 11) is 0. The van der Waals surface area contributed by atoms with Crippen molar-refractivity contribution in [2.24, 2.45) is 5.92 Å². The smallest absolute Gasteiger partial charge is 0.404 e. The Hall–Kier alpha value is -1.10. The monoisotopic (exact) mass is 228 g/mol. The molecule has 4 nitrogen and oxygen atoms in total. The quantitative estimate of drug-likeness (QED) is 0.813. The normalized spacial score (nSPS) is 12.7. The molecule has 0 fully saturated rings. The summed E-state index contributed by atoms with van der Waals surface area (Å²) < 4.78 is 0. The number of aromatic nitrogens is 1. The molecule has 0 aliphatic carbocycles. The van der Waals surface area contributed by atoms with Gasteiger partial charge >= 0.3 is 6.09 Å². The first kappa shape index (κ1) is 12.0. The number of rotatable bonds is 5. The fourth-order valence-corrected chi connectivity index (χ4v) is 2.20. The highest BCUT2D eigenvalue weighted by Crippen LogP contribution is 2.12. The van der Waals surface area contributed by atoms with Gasteiger partial charge in [0.2, 0.25) is 0 Å². The van der Waals surface area contributed by atoms with E-state index in [0.717, 1.165) is 11.4 Å². The summed E-state index contributed by atoms with van der Waals surface area (Å²) in [6.45, 7) is 4.16. The Bertz CT molecular complexity index is 298. The van der Waals surface area contributed by atoms with E-state index < -0.39 is 6.09 Å². The number of thiazole rings is 1. The van der Waals surface area contributed by atoms with Crippen LogP contribution in [0.25, 0.3) is 0 Å². The van der Waals surface area contributed by atoms with Crippen molar-refractivity contribution < 1.29 is 9.90 Å². The second-order valence-electron chi connectivity index (χ2n) is 3.91. The zero-order valence-electron chi connectivity index (χ0n) is 8.93. The maximum atomic E-state index is 10.6. The van der Waals surface area contributed by atoms with Crippen molar-refractivity contribution in [1.29, 1.82) is 0 Å². The van der Waals surface area contributed by atoms with E-state index in [0.29, 0.717) is 12.3 Å². The predicted octanol–water partition coefficient (Wildman–Crippen LogP) is 2.37. The van der Waals surface area contributed by atoms with E-state index in [9.17, 15) is 4.79 Å². The van der Waals surface area contributed by atoms with Gasteiger partial charge in [0.25, 0.3) is 0 Å². The second-order valence-corrected chi connectivity index (χ2v) is 4.89. The van der Waals surface area contributed by atoms with Crippen LogP contribution in [0.1, 0.15) is 25.3 Å². The average Bonchev–Trinajstić information content (AvgIpc) is 2.53.